The van der Waals surface area contributed by atoms with E-state index in [1.54, 1.807) is 0 Å². The number of aromatic nitrogens is 2. The van der Waals surface area contributed by atoms with Gasteiger partial charge in [-0.1, -0.05) is 6.92 Å². The van der Waals surface area contributed by atoms with Crippen LogP contribution in [0.25, 0.3) is 10.6 Å². The van der Waals surface area contributed by atoms with E-state index in [1.165, 1.54) is 41.8 Å². The molecule has 1 atom stereocenters. The molecule has 0 amide bonds. The highest BCUT2D eigenvalue weighted by Crippen LogP contribution is 2.37. The van der Waals surface area contributed by atoms with Crippen molar-refractivity contribution in [3.8, 4) is 10.6 Å². The van der Waals surface area contributed by atoms with E-state index in [4.69, 9.17) is 4.98 Å². The van der Waals surface area contributed by atoms with Crippen molar-refractivity contribution < 1.29 is 0 Å². The lowest BCUT2D eigenvalue weighted by atomic mass is 9.97. The Kier molecular flexibility index (Phi) is 4.36. The van der Waals surface area contributed by atoms with Gasteiger partial charge in [0, 0.05) is 21.8 Å². The van der Waals surface area contributed by atoms with Crippen molar-refractivity contribution in [2.24, 2.45) is 0 Å². The summed E-state index contributed by atoms with van der Waals surface area (Å²) in [5.41, 5.74) is 4.65. The molecule has 0 saturated carbocycles. The smallest absolute Gasteiger partial charge is 0.124 e. The number of fused-ring (bicyclic) bond motifs is 1. The molecule has 0 spiro atoms. The van der Waals surface area contributed by atoms with E-state index in [9.17, 15) is 0 Å². The Morgan fingerprint density at radius 3 is 2.71 bits per heavy atom. The number of aryl methyl sites for hydroxylation is 3. The van der Waals surface area contributed by atoms with Gasteiger partial charge < -0.3 is 5.32 Å². The highest BCUT2D eigenvalue weighted by Gasteiger charge is 2.24. The van der Waals surface area contributed by atoms with Gasteiger partial charge in [-0.15, -0.1) is 11.3 Å². The molecule has 0 radical (unpaired) electrons. The molecule has 0 aromatic carbocycles. The minimum absolute atomic E-state index is 0.447. The zero-order valence-electron chi connectivity index (χ0n) is 13.1. The van der Waals surface area contributed by atoms with E-state index in [0.29, 0.717) is 6.04 Å². The summed E-state index contributed by atoms with van der Waals surface area (Å²) in [5, 5.41) is 4.80. The van der Waals surface area contributed by atoms with Gasteiger partial charge in [0.05, 0.1) is 11.7 Å². The second-order valence-corrected chi connectivity index (χ2v) is 6.95. The molecule has 2 aromatic heterocycles. The average Bonchev–Trinajstić information content (AvgIpc) is 2.88. The summed E-state index contributed by atoms with van der Waals surface area (Å²) in [7, 11) is 0. The van der Waals surface area contributed by atoms with E-state index < -0.39 is 0 Å². The number of hydrogen-bond donors (Lipinski definition) is 1. The number of nitrogens with zero attached hydrogens (tertiary/aromatic N) is 2. The Morgan fingerprint density at radius 2 is 2.00 bits per heavy atom. The monoisotopic (exact) mass is 301 g/mol. The van der Waals surface area contributed by atoms with Crippen molar-refractivity contribution in [2.75, 3.05) is 6.54 Å². The molecule has 112 valence electrons. The van der Waals surface area contributed by atoms with Crippen molar-refractivity contribution >= 4 is 11.3 Å². The summed E-state index contributed by atoms with van der Waals surface area (Å²) < 4.78 is 0. The molecule has 2 heterocycles. The SMILES string of the molecule is CCCNC1CCCc2sc(-c3cc(C)nc(C)c3)nc21. The van der Waals surface area contributed by atoms with E-state index >= 15 is 0 Å². The number of pyridine rings is 1. The topological polar surface area (TPSA) is 37.8 Å². The predicted octanol–water partition coefficient (Wildman–Crippen LogP) is 4.20. The van der Waals surface area contributed by atoms with Crippen molar-refractivity contribution in [2.45, 2.75) is 52.5 Å². The molecule has 1 aliphatic rings. The zero-order chi connectivity index (χ0) is 14.8. The van der Waals surface area contributed by atoms with Crippen LogP contribution >= 0.6 is 11.3 Å². The van der Waals surface area contributed by atoms with Crippen LogP contribution in [0.5, 0.6) is 0 Å². The van der Waals surface area contributed by atoms with Gasteiger partial charge in [0.1, 0.15) is 5.01 Å². The molecule has 2 aromatic rings. The van der Waals surface area contributed by atoms with Gasteiger partial charge in [0.25, 0.3) is 0 Å². The Balaban J connectivity index is 1.93. The molecule has 4 heteroatoms. The van der Waals surface area contributed by atoms with Gasteiger partial charge >= 0.3 is 0 Å². The lowest BCUT2D eigenvalue weighted by Gasteiger charge is -2.22. The maximum absolute atomic E-state index is 4.97. The molecular formula is C17H23N3S. The Bertz CT molecular complexity index is 613. The number of nitrogens with one attached hydrogen (secondary N) is 1. The fourth-order valence-corrected chi connectivity index (χ4v) is 4.17. The van der Waals surface area contributed by atoms with Crippen LogP contribution in [-0.2, 0) is 6.42 Å². The summed E-state index contributed by atoms with van der Waals surface area (Å²) in [6.07, 6.45) is 4.83. The van der Waals surface area contributed by atoms with Crippen LogP contribution in [0.1, 0.15) is 54.2 Å². The Labute approximate surface area is 130 Å². The minimum Gasteiger partial charge on any atom is -0.309 e. The quantitative estimate of drug-likeness (QED) is 0.919. The molecule has 0 fully saturated rings. The fraction of sp³-hybridized carbons (Fsp3) is 0.529. The van der Waals surface area contributed by atoms with Crippen LogP contribution < -0.4 is 5.32 Å². The second-order valence-electron chi connectivity index (χ2n) is 5.86. The summed E-state index contributed by atoms with van der Waals surface area (Å²) in [6, 6.07) is 4.74. The van der Waals surface area contributed by atoms with E-state index in [0.717, 1.165) is 22.9 Å². The molecular weight excluding hydrogens is 278 g/mol. The van der Waals surface area contributed by atoms with Crippen molar-refractivity contribution in [3.05, 3.63) is 34.1 Å². The highest BCUT2D eigenvalue weighted by molar-refractivity contribution is 7.15. The number of hydrogen-bond acceptors (Lipinski definition) is 4. The normalized spacial score (nSPS) is 17.8. The first kappa shape index (κ1) is 14.7. The van der Waals surface area contributed by atoms with Gasteiger partial charge in [-0.3, -0.25) is 4.98 Å². The van der Waals surface area contributed by atoms with Gasteiger partial charge in [-0.2, -0.15) is 0 Å². The van der Waals surface area contributed by atoms with E-state index in [2.05, 4.69) is 43.2 Å². The van der Waals surface area contributed by atoms with E-state index in [-0.39, 0.29) is 0 Å². The molecule has 3 nitrogen and oxygen atoms in total. The number of thiazole rings is 1. The summed E-state index contributed by atoms with van der Waals surface area (Å²) in [4.78, 5) is 10.9. The third-order valence-electron chi connectivity index (χ3n) is 3.92. The molecule has 1 N–H and O–H groups in total. The molecule has 0 aliphatic heterocycles. The zero-order valence-corrected chi connectivity index (χ0v) is 13.9. The second kappa shape index (κ2) is 6.24. The van der Waals surface area contributed by atoms with Crippen LogP contribution in [0.3, 0.4) is 0 Å². The van der Waals surface area contributed by atoms with Crippen molar-refractivity contribution in [3.63, 3.8) is 0 Å². The first-order chi connectivity index (χ1) is 10.2. The molecule has 0 saturated heterocycles. The molecule has 1 unspecified atom stereocenters. The van der Waals surface area contributed by atoms with Crippen LogP contribution in [0.4, 0.5) is 0 Å². The highest BCUT2D eigenvalue weighted by atomic mass is 32.1. The molecule has 0 bridgehead atoms. The van der Waals surface area contributed by atoms with E-state index in [1.807, 2.05) is 11.3 Å². The minimum atomic E-state index is 0.447. The Morgan fingerprint density at radius 1 is 1.24 bits per heavy atom. The standard InChI is InChI=1S/C17H23N3S/c1-4-8-18-14-6-5-7-15-16(14)20-17(21-15)13-9-11(2)19-12(3)10-13/h9-10,14,18H,4-8H2,1-3H3. The lowest BCUT2D eigenvalue weighted by Crippen LogP contribution is -2.25. The van der Waals surface area contributed by atoms with Crippen LogP contribution in [0.2, 0.25) is 0 Å². The van der Waals surface area contributed by atoms with Gasteiger partial charge in [-0.25, -0.2) is 4.98 Å². The van der Waals surface area contributed by atoms with Crippen LogP contribution in [-0.4, -0.2) is 16.5 Å². The van der Waals surface area contributed by atoms with Crippen molar-refractivity contribution in [1.82, 2.24) is 15.3 Å². The first-order valence-corrected chi connectivity index (χ1v) is 8.67. The maximum atomic E-state index is 4.97. The lowest BCUT2D eigenvalue weighted by molar-refractivity contribution is 0.454. The third-order valence-corrected chi connectivity index (χ3v) is 5.10. The number of rotatable bonds is 4. The maximum Gasteiger partial charge on any atom is 0.124 e. The summed E-state index contributed by atoms with van der Waals surface area (Å²) >= 11 is 1.86. The van der Waals surface area contributed by atoms with Crippen LogP contribution in [0.15, 0.2) is 12.1 Å². The Hall–Kier alpha value is -1.26. The first-order valence-electron chi connectivity index (χ1n) is 7.86. The van der Waals surface area contributed by atoms with Gasteiger partial charge in [0.2, 0.25) is 0 Å². The fourth-order valence-electron chi connectivity index (χ4n) is 3.02. The summed E-state index contributed by atoms with van der Waals surface area (Å²) in [5.74, 6) is 0. The average molecular weight is 301 g/mol. The molecule has 3 rings (SSSR count). The molecule has 21 heavy (non-hydrogen) atoms. The van der Waals surface area contributed by atoms with Crippen LogP contribution in [0, 0.1) is 13.8 Å². The predicted molar refractivity (Wildman–Crippen MR) is 88.8 cm³/mol. The van der Waals surface area contributed by atoms with Gasteiger partial charge in [-0.05, 0) is 58.2 Å². The largest absolute Gasteiger partial charge is 0.309 e. The van der Waals surface area contributed by atoms with Gasteiger partial charge in [0.15, 0.2) is 0 Å². The molecule has 1 aliphatic carbocycles. The van der Waals surface area contributed by atoms with Crippen molar-refractivity contribution in [1.29, 1.82) is 0 Å². The summed E-state index contributed by atoms with van der Waals surface area (Å²) in [6.45, 7) is 7.39. The third kappa shape index (κ3) is 3.16.